The molecule has 2 aromatic rings. The Hall–Kier alpha value is -1.39. The van der Waals surface area contributed by atoms with E-state index in [4.69, 9.17) is 9.84 Å². The first-order valence-electron chi connectivity index (χ1n) is 5.96. The lowest BCUT2D eigenvalue weighted by Crippen LogP contribution is -2.02. The van der Waals surface area contributed by atoms with Gasteiger partial charge in [0.25, 0.3) is 0 Å². The Morgan fingerprint density at radius 2 is 1.89 bits per heavy atom. The highest BCUT2D eigenvalue weighted by Crippen LogP contribution is 2.21. The van der Waals surface area contributed by atoms with E-state index in [0.29, 0.717) is 22.2 Å². The number of aliphatic hydroxyl groups excluding tert-OH is 1. The van der Waals surface area contributed by atoms with Gasteiger partial charge in [0.15, 0.2) is 0 Å². The largest absolute Gasteiger partial charge is 0.489 e. The maximum absolute atomic E-state index is 13.7. The number of benzene rings is 2. The predicted molar refractivity (Wildman–Crippen MR) is 75.7 cm³/mol. The highest BCUT2D eigenvalue weighted by atomic mass is 79.9. The van der Waals surface area contributed by atoms with Crippen LogP contribution in [0.5, 0.6) is 5.75 Å². The third kappa shape index (κ3) is 3.78. The summed E-state index contributed by atoms with van der Waals surface area (Å²) in [6, 6.07) is 12.3. The highest BCUT2D eigenvalue weighted by molar-refractivity contribution is 9.10. The molecule has 0 amide bonds. The topological polar surface area (TPSA) is 29.5 Å². The number of ether oxygens (including phenoxy) is 1. The molecule has 0 heterocycles. The van der Waals surface area contributed by atoms with Crippen molar-refractivity contribution in [2.45, 2.75) is 13.0 Å². The second-order valence-electron chi connectivity index (χ2n) is 4.11. The van der Waals surface area contributed by atoms with Crippen LogP contribution in [0, 0.1) is 5.82 Å². The van der Waals surface area contributed by atoms with Gasteiger partial charge in [-0.3, -0.25) is 0 Å². The van der Waals surface area contributed by atoms with Crippen LogP contribution in [0.4, 0.5) is 4.39 Å². The highest BCUT2D eigenvalue weighted by Gasteiger charge is 2.06. The fraction of sp³-hybridized carbons (Fsp3) is 0.200. The van der Waals surface area contributed by atoms with Gasteiger partial charge in [0, 0.05) is 16.6 Å². The molecule has 0 atom stereocenters. The predicted octanol–water partition coefficient (Wildman–Crippen LogP) is 3.70. The third-order valence-electron chi connectivity index (χ3n) is 2.75. The van der Waals surface area contributed by atoms with E-state index < -0.39 is 0 Å². The summed E-state index contributed by atoms with van der Waals surface area (Å²) in [6.07, 6.45) is 0.527. The molecule has 0 spiro atoms. The molecule has 0 unspecified atom stereocenters. The molecule has 0 fully saturated rings. The number of para-hydroxylation sites is 1. The zero-order valence-corrected chi connectivity index (χ0v) is 11.9. The summed E-state index contributed by atoms with van der Waals surface area (Å²) in [4.78, 5) is 0. The molecular weight excluding hydrogens is 311 g/mol. The summed E-state index contributed by atoms with van der Waals surface area (Å²) in [5.74, 6) is 0.382. The number of halogens is 2. The van der Waals surface area contributed by atoms with Crippen LogP contribution in [-0.2, 0) is 13.0 Å². The molecule has 4 heteroatoms. The van der Waals surface area contributed by atoms with Gasteiger partial charge in [-0.05, 0) is 30.2 Å². The Bertz CT molecular complexity index is 558. The number of hydrogen-bond acceptors (Lipinski definition) is 2. The van der Waals surface area contributed by atoms with Gasteiger partial charge in [0.2, 0.25) is 0 Å². The molecular formula is C15H14BrFO2. The van der Waals surface area contributed by atoms with E-state index in [9.17, 15) is 4.39 Å². The van der Waals surface area contributed by atoms with Crippen LogP contribution in [0.1, 0.15) is 11.1 Å². The van der Waals surface area contributed by atoms with E-state index in [1.807, 2.05) is 24.3 Å². The van der Waals surface area contributed by atoms with Gasteiger partial charge in [0.1, 0.15) is 18.2 Å². The maximum atomic E-state index is 13.7. The number of aliphatic hydroxyl groups is 1. The van der Waals surface area contributed by atoms with Gasteiger partial charge in [0.05, 0.1) is 0 Å². The lowest BCUT2D eigenvalue weighted by Gasteiger charge is -2.11. The van der Waals surface area contributed by atoms with Gasteiger partial charge < -0.3 is 9.84 Å². The fourth-order valence-corrected chi connectivity index (χ4v) is 2.10. The summed E-state index contributed by atoms with van der Waals surface area (Å²) in [7, 11) is 0. The van der Waals surface area contributed by atoms with E-state index >= 15 is 0 Å². The average Bonchev–Trinajstić information content (AvgIpc) is 2.40. The van der Waals surface area contributed by atoms with Crippen molar-refractivity contribution < 1.29 is 14.2 Å². The van der Waals surface area contributed by atoms with Gasteiger partial charge in [-0.15, -0.1) is 0 Å². The molecule has 0 bridgehead atoms. The molecule has 19 heavy (non-hydrogen) atoms. The SMILES string of the molecule is OCCc1ccccc1OCc1ccc(Br)cc1F. The Labute approximate surface area is 120 Å². The normalized spacial score (nSPS) is 10.5. The summed E-state index contributed by atoms with van der Waals surface area (Å²) >= 11 is 3.22. The van der Waals surface area contributed by atoms with Crippen LogP contribution < -0.4 is 4.74 Å². The van der Waals surface area contributed by atoms with Gasteiger partial charge >= 0.3 is 0 Å². The standard InChI is InChI=1S/C15H14BrFO2/c16-13-6-5-12(14(17)9-13)10-19-15-4-2-1-3-11(15)7-8-18/h1-6,9,18H,7-8,10H2. The van der Waals surface area contributed by atoms with Crippen molar-refractivity contribution in [1.82, 2.24) is 0 Å². The smallest absolute Gasteiger partial charge is 0.130 e. The van der Waals surface area contributed by atoms with Crippen LogP contribution in [-0.4, -0.2) is 11.7 Å². The number of hydrogen-bond donors (Lipinski definition) is 1. The second kappa shape index (κ2) is 6.68. The van der Waals surface area contributed by atoms with Crippen molar-refractivity contribution in [3.05, 3.63) is 63.9 Å². The monoisotopic (exact) mass is 324 g/mol. The zero-order valence-electron chi connectivity index (χ0n) is 10.3. The Balaban J connectivity index is 2.10. The summed E-state index contributed by atoms with van der Waals surface area (Å²) < 4.78 is 20.0. The fourth-order valence-electron chi connectivity index (χ4n) is 1.77. The van der Waals surface area contributed by atoms with E-state index in [1.165, 1.54) is 6.07 Å². The van der Waals surface area contributed by atoms with E-state index in [0.717, 1.165) is 5.56 Å². The molecule has 2 nitrogen and oxygen atoms in total. The molecule has 0 saturated carbocycles. The summed E-state index contributed by atoms with van der Waals surface area (Å²) in [6.45, 7) is 0.231. The minimum Gasteiger partial charge on any atom is -0.489 e. The molecule has 1 N–H and O–H groups in total. The Kier molecular flexibility index (Phi) is 4.93. The van der Waals surface area contributed by atoms with Crippen LogP contribution in [0.3, 0.4) is 0 Å². The third-order valence-corrected chi connectivity index (χ3v) is 3.25. The molecule has 0 aliphatic rings. The van der Waals surface area contributed by atoms with Gasteiger partial charge in [-0.25, -0.2) is 4.39 Å². The van der Waals surface area contributed by atoms with Crippen LogP contribution in [0.15, 0.2) is 46.9 Å². The Morgan fingerprint density at radius 3 is 2.63 bits per heavy atom. The lowest BCUT2D eigenvalue weighted by molar-refractivity contribution is 0.281. The summed E-state index contributed by atoms with van der Waals surface area (Å²) in [5.41, 5.74) is 1.42. The molecule has 0 aliphatic carbocycles. The number of rotatable bonds is 5. The second-order valence-corrected chi connectivity index (χ2v) is 5.02. The first kappa shape index (κ1) is 14.0. The first-order chi connectivity index (χ1) is 9.20. The van der Waals surface area contributed by atoms with Crippen LogP contribution in [0.25, 0.3) is 0 Å². The molecule has 100 valence electrons. The minimum absolute atomic E-state index is 0.0625. The maximum Gasteiger partial charge on any atom is 0.130 e. The molecule has 0 saturated heterocycles. The molecule has 0 aliphatic heterocycles. The van der Waals surface area contributed by atoms with Gasteiger partial charge in [-0.1, -0.05) is 40.2 Å². The van der Waals surface area contributed by atoms with Crippen molar-refractivity contribution in [1.29, 1.82) is 0 Å². The van der Waals surface area contributed by atoms with Crippen molar-refractivity contribution in [3.8, 4) is 5.75 Å². The van der Waals surface area contributed by atoms with E-state index in [-0.39, 0.29) is 19.0 Å². The molecule has 2 rings (SSSR count). The molecule has 0 aromatic heterocycles. The molecule has 0 radical (unpaired) electrons. The Morgan fingerprint density at radius 1 is 1.11 bits per heavy atom. The zero-order chi connectivity index (χ0) is 13.7. The van der Waals surface area contributed by atoms with Crippen molar-refractivity contribution in [2.75, 3.05) is 6.61 Å². The quantitative estimate of drug-likeness (QED) is 0.908. The van der Waals surface area contributed by atoms with Crippen molar-refractivity contribution >= 4 is 15.9 Å². The first-order valence-corrected chi connectivity index (χ1v) is 6.75. The van der Waals surface area contributed by atoms with E-state index in [1.54, 1.807) is 12.1 Å². The van der Waals surface area contributed by atoms with Crippen molar-refractivity contribution in [3.63, 3.8) is 0 Å². The minimum atomic E-state index is -0.297. The molecule has 2 aromatic carbocycles. The average molecular weight is 325 g/mol. The van der Waals surface area contributed by atoms with Gasteiger partial charge in [-0.2, -0.15) is 0 Å². The van der Waals surface area contributed by atoms with Crippen LogP contribution in [0.2, 0.25) is 0 Å². The summed E-state index contributed by atoms with van der Waals surface area (Å²) in [5, 5.41) is 8.98. The van der Waals surface area contributed by atoms with Crippen LogP contribution >= 0.6 is 15.9 Å². The lowest BCUT2D eigenvalue weighted by atomic mass is 10.1. The van der Waals surface area contributed by atoms with E-state index in [2.05, 4.69) is 15.9 Å². The van der Waals surface area contributed by atoms with Crippen molar-refractivity contribution in [2.24, 2.45) is 0 Å².